The highest BCUT2D eigenvalue weighted by atomic mass is 79.9. The number of benzene rings is 1. The third-order valence-electron chi connectivity index (χ3n) is 4.33. The highest BCUT2D eigenvalue weighted by Crippen LogP contribution is 2.44. The predicted molar refractivity (Wildman–Crippen MR) is 90.3 cm³/mol. The van der Waals surface area contributed by atoms with Crippen molar-refractivity contribution in [3.63, 3.8) is 0 Å². The Kier molecular flexibility index (Phi) is 4.19. The first-order chi connectivity index (χ1) is 9.90. The molecule has 0 unspecified atom stereocenters. The Morgan fingerprint density at radius 2 is 1.62 bits per heavy atom. The second-order valence-corrected chi connectivity index (χ2v) is 8.42. The summed E-state index contributed by atoms with van der Waals surface area (Å²) in [5, 5.41) is 0.569. The smallest absolute Gasteiger partial charge is 0.237 e. The summed E-state index contributed by atoms with van der Waals surface area (Å²) >= 11 is 13.3. The number of amides is 2. The summed E-state index contributed by atoms with van der Waals surface area (Å²) in [6, 6.07) is 5.31. The summed E-state index contributed by atoms with van der Waals surface area (Å²) in [5.41, 5.74) is 1.50. The molecule has 3 nitrogen and oxygen atoms in total. The molecule has 1 saturated heterocycles. The fourth-order valence-electron chi connectivity index (χ4n) is 3.07. The maximum Gasteiger partial charge on any atom is 0.237 e. The van der Waals surface area contributed by atoms with Gasteiger partial charge < -0.3 is 0 Å². The molecule has 1 aromatic rings. The van der Waals surface area contributed by atoms with Gasteiger partial charge in [0.1, 0.15) is 0 Å². The van der Waals surface area contributed by atoms with Crippen LogP contribution >= 0.6 is 43.5 Å². The number of alkyl halides is 2. The Labute approximate surface area is 145 Å². The minimum absolute atomic E-state index is 0.103. The molecule has 1 aliphatic carbocycles. The summed E-state index contributed by atoms with van der Waals surface area (Å²) in [7, 11) is 0. The lowest BCUT2D eigenvalue weighted by atomic mass is 9.81. The average molecular weight is 436 g/mol. The normalized spacial score (nSPS) is 32.5. The average Bonchev–Trinajstić information content (AvgIpc) is 2.66. The van der Waals surface area contributed by atoms with Crippen molar-refractivity contribution in [1.82, 2.24) is 0 Å². The van der Waals surface area contributed by atoms with Gasteiger partial charge in [-0.2, -0.15) is 0 Å². The number of hydrogen-bond donors (Lipinski definition) is 0. The predicted octanol–water partition coefficient (Wildman–Crippen LogP) is 4.07. The molecule has 0 radical (unpaired) electrons. The molecule has 2 fully saturated rings. The van der Waals surface area contributed by atoms with E-state index in [9.17, 15) is 9.59 Å². The number of nitrogens with zero attached hydrogens (tertiary/aromatic N) is 1. The number of anilines is 1. The van der Waals surface area contributed by atoms with Crippen molar-refractivity contribution in [1.29, 1.82) is 0 Å². The zero-order valence-corrected chi connectivity index (χ0v) is 15.3. The molecule has 2 aliphatic rings. The molecule has 1 aliphatic heterocycles. The van der Waals surface area contributed by atoms with Gasteiger partial charge in [0.05, 0.1) is 17.5 Å². The molecule has 1 heterocycles. The molecule has 0 bridgehead atoms. The topological polar surface area (TPSA) is 37.4 Å². The van der Waals surface area contributed by atoms with Crippen LogP contribution in [0.5, 0.6) is 0 Å². The third-order valence-corrected chi connectivity index (χ3v) is 7.47. The van der Waals surface area contributed by atoms with Crippen LogP contribution in [0.15, 0.2) is 18.2 Å². The van der Waals surface area contributed by atoms with Crippen LogP contribution in [-0.2, 0) is 9.59 Å². The molecule has 0 aromatic heterocycles. The SMILES string of the molecule is Cc1ccc(N2C(=O)[C@H]3C[C@@H](Br)[C@H](Br)C[C@H]3C2=O)cc1Cl. The van der Waals surface area contributed by atoms with Crippen molar-refractivity contribution < 1.29 is 9.59 Å². The number of rotatable bonds is 1. The zero-order valence-electron chi connectivity index (χ0n) is 11.4. The largest absolute Gasteiger partial charge is 0.274 e. The minimum atomic E-state index is -0.226. The standard InChI is InChI=1S/C15H14Br2ClNO2/c1-7-2-3-8(4-13(7)18)19-14(20)9-5-11(16)12(17)6-10(9)15(19)21/h2-4,9-12H,5-6H2,1H3/t9-,10+,11-,12-/m1/s1. The number of hydrogen-bond acceptors (Lipinski definition) is 2. The Bertz CT molecular complexity index is 594. The van der Waals surface area contributed by atoms with E-state index < -0.39 is 0 Å². The highest BCUT2D eigenvalue weighted by molar-refractivity contribution is 9.12. The molecule has 6 heteroatoms. The van der Waals surface area contributed by atoms with Gasteiger partial charge in [-0.05, 0) is 37.5 Å². The molecule has 3 rings (SSSR count). The Hall–Kier alpha value is -0.390. The van der Waals surface area contributed by atoms with E-state index in [1.165, 1.54) is 4.90 Å². The molecule has 1 saturated carbocycles. The van der Waals surface area contributed by atoms with Crippen molar-refractivity contribution in [3.8, 4) is 0 Å². The monoisotopic (exact) mass is 433 g/mol. The van der Waals surface area contributed by atoms with E-state index in [2.05, 4.69) is 31.9 Å². The quantitative estimate of drug-likeness (QED) is 0.493. The van der Waals surface area contributed by atoms with Crippen LogP contribution in [0.25, 0.3) is 0 Å². The van der Waals surface area contributed by atoms with Crippen LogP contribution in [0.1, 0.15) is 18.4 Å². The van der Waals surface area contributed by atoms with Crippen molar-refractivity contribution in [2.45, 2.75) is 29.4 Å². The van der Waals surface area contributed by atoms with Crippen LogP contribution in [0.3, 0.4) is 0 Å². The summed E-state index contributed by atoms with van der Waals surface area (Å²) in [6.07, 6.45) is 1.36. The van der Waals surface area contributed by atoms with Gasteiger partial charge in [0.2, 0.25) is 11.8 Å². The molecular weight excluding hydrogens is 421 g/mol. The molecule has 0 N–H and O–H groups in total. The van der Waals surface area contributed by atoms with E-state index in [0.717, 1.165) is 5.56 Å². The summed E-state index contributed by atoms with van der Waals surface area (Å²) in [5.74, 6) is -0.658. The fraction of sp³-hybridized carbons (Fsp3) is 0.467. The maximum absolute atomic E-state index is 12.6. The minimum Gasteiger partial charge on any atom is -0.274 e. The van der Waals surface area contributed by atoms with E-state index in [0.29, 0.717) is 23.6 Å². The molecule has 4 atom stereocenters. The van der Waals surface area contributed by atoms with E-state index in [4.69, 9.17) is 11.6 Å². The third kappa shape index (κ3) is 2.57. The van der Waals surface area contributed by atoms with Crippen LogP contribution in [0.2, 0.25) is 5.02 Å². The number of carbonyl (C=O) groups is 2. The molecule has 0 spiro atoms. The first kappa shape index (κ1) is 15.5. The number of carbonyl (C=O) groups excluding carboxylic acids is 2. The summed E-state index contributed by atoms with van der Waals surface area (Å²) in [6.45, 7) is 1.89. The fourth-order valence-corrected chi connectivity index (χ4v) is 4.48. The van der Waals surface area contributed by atoms with Crippen LogP contribution in [0.4, 0.5) is 5.69 Å². The molecular formula is C15H14Br2ClNO2. The second-order valence-electron chi connectivity index (χ2n) is 5.66. The van der Waals surface area contributed by atoms with Crippen molar-refractivity contribution in [3.05, 3.63) is 28.8 Å². The van der Waals surface area contributed by atoms with Crippen LogP contribution in [0, 0.1) is 18.8 Å². The lowest BCUT2D eigenvalue weighted by Gasteiger charge is -2.29. The molecule has 2 amide bonds. The van der Waals surface area contributed by atoms with E-state index >= 15 is 0 Å². The van der Waals surface area contributed by atoms with Gasteiger partial charge in [-0.15, -0.1) is 0 Å². The van der Waals surface area contributed by atoms with Gasteiger partial charge in [0, 0.05) is 14.7 Å². The summed E-state index contributed by atoms with van der Waals surface area (Å²) < 4.78 is 0. The van der Waals surface area contributed by atoms with Crippen molar-refractivity contribution in [2.24, 2.45) is 11.8 Å². The van der Waals surface area contributed by atoms with E-state index in [1.54, 1.807) is 12.1 Å². The maximum atomic E-state index is 12.6. The van der Waals surface area contributed by atoms with Crippen molar-refractivity contribution >= 4 is 61.0 Å². The zero-order chi connectivity index (χ0) is 15.3. The Morgan fingerprint density at radius 3 is 2.10 bits per heavy atom. The number of imide groups is 1. The summed E-state index contributed by atoms with van der Waals surface area (Å²) in [4.78, 5) is 27.0. The van der Waals surface area contributed by atoms with Gasteiger partial charge in [0.25, 0.3) is 0 Å². The Balaban J connectivity index is 1.95. The molecule has 21 heavy (non-hydrogen) atoms. The van der Waals surface area contributed by atoms with Gasteiger partial charge in [-0.1, -0.05) is 49.5 Å². The number of aryl methyl sites for hydroxylation is 1. The lowest BCUT2D eigenvalue weighted by molar-refractivity contribution is -0.122. The Morgan fingerprint density at radius 1 is 1.10 bits per heavy atom. The van der Waals surface area contributed by atoms with E-state index in [-0.39, 0.29) is 33.3 Å². The second kappa shape index (κ2) is 5.67. The van der Waals surface area contributed by atoms with Gasteiger partial charge in [0.15, 0.2) is 0 Å². The van der Waals surface area contributed by atoms with Gasteiger partial charge in [-0.3, -0.25) is 14.5 Å². The number of halogens is 3. The lowest BCUT2D eigenvalue weighted by Crippen LogP contribution is -2.34. The van der Waals surface area contributed by atoms with Gasteiger partial charge >= 0.3 is 0 Å². The van der Waals surface area contributed by atoms with E-state index in [1.807, 2.05) is 13.0 Å². The first-order valence-corrected chi connectivity index (χ1v) is 9.03. The van der Waals surface area contributed by atoms with Crippen LogP contribution < -0.4 is 4.90 Å². The van der Waals surface area contributed by atoms with Gasteiger partial charge in [-0.25, -0.2) is 0 Å². The molecule has 1 aromatic carbocycles. The highest BCUT2D eigenvalue weighted by Gasteiger charge is 2.52. The van der Waals surface area contributed by atoms with Crippen molar-refractivity contribution in [2.75, 3.05) is 4.90 Å². The number of fused-ring (bicyclic) bond motifs is 1. The first-order valence-electron chi connectivity index (χ1n) is 6.82. The van der Waals surface area contributed by atoms with Crippen LogP contribution in [-0.4, -0.2) is 21.5 Å². The molecule has 112 valence electrons.